The Kier molecular flexibility index (Phi) is 6.39. The highest BCUT2D eigenvalue weighted by Gasteiger charge is 2.49. The summed E-state index contributed by atoms with van der Waals surface area (Å²) in [6.07, 6.45) is 17.2. The van der Waals surface area contributed by atoms with Crippen LogP contribution in [0.15, 0.2) is 0 Å². The van der Waals surface area contributed by atoms with Gasteiger partial charge in [-0.2, -0.15) is 0 Å². The standard InChI is InChI=1S/C19H36O/c1-4-19(5-2)16(3)17-14-12-10-8-6-7-9-11-13-15-18(17)20-19/h16-18H,4-15H2,1-3H3. The van der Waals surface area contributed by atoms with E-state index in [9.17, 15) is 0 Å². The third kappa shape index (κ3) is 3.59. The second-order valence-corrected chi connectivity index (χ2v) is 7.29. The van der Waals surface area contributed by atoms with Crippen LogP contribution in [-0.2, 0) is 4.74 Å². The Morgan fingerprint density at radius 3 is 1.85 bits per heavy atom. The Balaban J connectivity index is 2.02. The van der Waals surface area contributed by atoms with Crippen molar-refractivity contribution in [3.8, 4) is 0 Å². The molecular formula is C19H36O. The molecule has 2 aliphatic rings. The fourth-order valence-corrected chi connectivity index (χ4v) is 4.76. The van der Waals surface area contributed by atoms with Crippen molar-refractivity contribution < 1.29 is 4.74 Å². The van der Waals surface area contributed by atoms with Gasteiger partial charge in [-0.1, -0.05) is 72.1 Å². The highest BCUT2D eigenvalue weighted by molar-refractivity contribution is 4.97. The van der Waals surface area contributed by atoms with Gasteiger partial charge in [-0.05, 0) is 37.5 Å². The number of rotatable bonds is 2. The first kappa shape index (κ1) is 16.3. The zero-order valence-electron chi connectivity index (χ0n) is 14.1. The van der Waals surface area contributed by atoms with E-state index in [0.29, 0.717) is 6.10 Å². The van der Waals surface area contributed by atoms with Crippen LogP contribution in [0.1, 0.15) is 97.8 Å². The van der Waals surface area contributed by atoms with Gasteiger partial charge in [0, 0.05) is 0 Å². The van der Waals surface area contributed by atoms with Crippen LogP contribution in [0, 0.1) is 11.8 Å². The molecular weight excluding hydrogens is 244 g/mol. The first-order valence-electron chi connectivity index (χ1n) is 9.41. The van der Waals surface area contributed by atoms with E-state index in [2.05, 4.69) is 20.8 Å². The lowest BCUT2D eigenvalue weighted by molar-refractivity contribution is -0.0654. The van der Waals surface area contributed by atoms with Crippen LogP contribution < -0.4 is 0 Å². The lowest BCUT2D eigenvalue weighted by Gasteiger charge is -2.31. The lowest BCUT2D eigenvalue weighted by Crippen LogP contribution is -2.33. The topological polar surface area (TPSA) is 9.23 Å². The summed E-state index contributed by atoms with van der Waals surface area (Å²) in [4.78, 5) is 0. The number of ether oxygens (including phenoxy) is 1. The van der Waals surface area contributed by atoms with Crippen molar-refractivity contribution in [3.05, 3.63) is 0 Å². The molecule has 1 aliphatic carbocycles. The molecule has 0 N–H and O–H groups in total. The van der Waals surface area contributed by atoms with Gasteiger partial charge in [-0.15, -0.1) is 0 Å². The first-order chi connectivity index (χ1) is 9.73. The quantitative estimate of drug-likeness (QED) is 0.593. The molecule has 3 atom stereocenters. The van der Waals surface area contributed by atoms with Crippen molar-refractivity contribution in [1.82, 2.24) is 0 Å². The Bertz CT molecular complexity index is 269. The molecule has 0 amide bonds. The van der Waals surface area contributed by atoms with Gasteiger partial charge < -0.3 is 4.74 Å². The molecule has 0 aromatic rings. The molecule has 0 aromatic carbocycles. The number of hydrogen-bond donors (Lipinski definition) is 0. The van der Waals surface area contributed by atoms with Crippen LogP contribution in [0.25, 0.3) is 0 Å². The van der Waals surface area contributed by atoms with Gasteiger partial charge in [0.05, 0.1) is 11.7 Å². The molecule has 1 heterocycles. The Morgan fingerprint density at radius 1 is 0.800 bits per heavy atom. The summed E-state index contributed by atoms with van der Waals surface area (Å²) < 4.78 is 6.67. The monoisotopic (exact) mass is 280 g/mol. The molecule has 1 saturated carbocycles. The normalized spacial score (nSPS) is 35.9. The summed E-state index contributed by atoms with van der Waals surface area (Å²) in [5.74, 6) is 1.58. The Hall–Kier alpha value is -0.0400. The van der Waals surface area contributed by atoms with E-state index >= 15 is 0 Å². The van der Waals surface area contributed by atoms with Crippen LogP contribution in [-0.4, -0.2) is 11.7 Å². The van der Waals surface area contributed by atoms with Crippen molar-refractivity contribution >= 4 is 0 Å². The van der Waals surface area contributed by atoms with Gasteiger partial charge in [0.1, 0.15) is 0 Å². The van der Waals surface area contributed by atoms with Crippen LogP contribution in [0.2, 0.25) is 0 Å². The smallest absolute Gasteiger partial charge is 0.0710 e. The molecule has 0 aromatic heterocycles. The van der Waals surface area contributed by atoms with Crippen molar-refractivity contribution in [1.29, 1.82) is 0 Å². The van der Waals surface area contributed by atoms with Gasteiger partial charge in [0.2, 0.25) is 0 Å². The van der Waals surface area contributed by atoms with Gasteiger partial charge in [-0.3, -0.25) is 0 Å². The minimum atomic E-state index is 0.190. The molecule has 1 aliphatic heterocycles. The summed E-state index contributed by atoms with van der Waals surface area (Å²) in [6, 6.07) is 0. The van der Waals surface area contributed by atoms with E-state index < -0.39 is 0 Å². The summed E-state index contributed by atoms with van der Waals surface area (Å²) >= 11 is 0. The van der Waals surface area contributed by atoms with E-state index in [1.807, 2.05) is 0 Å². The molecule has 118 valence electrons. The van der Waals surface area contributed by atoms with E-state index in [4.69, 9.17) is 4.74 Å². The highest BCUT2D eigenvalue weighted by atomic mass is 16.5. The fraction of sp³-hybridized carbons (Fsp3) is 1.00. The largest absolute Gasteiger partial charge is 0.371 e. The first-order valence-corrected chi connectivity index (χ1v) is 9.41. The molecule has 3 unspecified atom stereocenters. The molecule has 2 fully saturated rings. The Labute approximate surface area is 126 Å². The minimum absolute atomic E-state index is 0.190. The number of hydrogen-bond acceptors (Lipinski definition) is 1. The SMILES string of the molecule is CCC1(CC)OC2CCCCCCCCCCC2C1C. The summed E-state index contributed by atoms with van der Waals surface area (Å²) in [7, 11) is 0. The van der Waals surface area contributed by atoms with Crippen molar-refractivity contribution in [2.24, 2.45) is 11.8 Å². The number of fused-ring (bicyclic) bond motifs is 1. The third-order valence-corrected chi connectivity index (χ3v) is 6.31. The molecule has 1 nitrogen and oxygen atoms in total. The molecule has 20 heavy (non-hydrogen) atoms. The van der Waals surface area contributed by atoms with Crippen molar-refractivity contribution in [2.75, 3.05) is 0 Å². The average molecular weight is 280 g/mol. The molecule has 1 heteroatoms. The maximum atomic E-state index is 6.67. The van der Waals surface area contributed by atoms with Crippen LogP contribution >= 0.6 is 0 Å². The molecule has 0 bridgehead atoms. The minimum Gasteiger partial charge on any atom is -0.371 e. The van der Waals surface area contributed by atoms with Gasteiger partial charge in [0.15, 0.2) is 0 Å². The summed E-state index contributed by atoms with van der Waals surface area (Å²) in [5.41, 5.74) is 0.190. The van der Waals surface area contributed by atoms with E-state index in [1.165, 1.54) is 77.0 Å². The predicted molar refractivity (Wildman–Crippen MR) is 87.0 cm³/mol. The second-order valence-electron chi connectivity index (χ2n) is 7.29. The van der Waals surface area contributed by atoms with Gasteiger partial charge in [-0.25, -0.2) is 0 Å². The van der Waals surface area contributed by atoms with Crippen LogP contribution in [0.3, 0.4) is 0 Å². The van der Waals surface area contributed by atoms with E-state index in [-0.39, 0.29) is 5.60 Å². The third-order valence-electron chi connectivity index (χ3n) is 6.31. The fourth-order valence-electron chi connectivity index (χ4n) is 4.76. The lowest BCUT2D eigenvalue weighted by atomic mass is 9.75. The zero-order valence-corrected chi connectivity index (χ0v) is 14.1. The maximum Gasteiger partial charge on any atom is 0.0710 e. The zero-order chi connectivity index (χ0) is 14.4. The maximum absolute atomic E-state index is 6.67. The highest BCUT2D eigenvalue weighted by Crippen LogP contribution is 2.48. The summed E-state index contributed by atoms with van der Waals surface area (Å²) in [6.45, 7) is 7.13. The molecule has 0 spiro atoms. The molecule has 2 rings (SSSR count). The average Bonchev–Trinajstić information content (AvgIpc) is 2.72. The molecule has 1 saturated heterocycles. The van der Waals surface area contributed by atoms with Gasteiger partial charge in [0.25, 0.3) is 0 Å². The summed E-state index contributed by atoms with van der Waals surface area (Å²) in [5, 5.41) is 0. The van der Waals surface area contributed by atoms with Crippen molar-refractivity contribution in [3.63, 3.8) is 0 Å². The van der Waals surface area contributed by atoms with Crippen LogP contribution in [0.4, 0.5) is 0 Å². The van der Waals surface area contributed by atoms with E-state index in [0.717, 1.165) is 11.8 Å². The second kappa shape index (κ2) is 7.82. The van der Waals surface area contributed by atoms with Crippen molar-refractivity contribution in [2.45, 2.75) is 110 Å². The predicted octanol–water partition coefficient (Wildman–Crippen LogP) is 6.11. The van der Waals surface area contributed by atoms with E-state index in [1.54, 1.807) is 0 Å². The van der Waals surface area contributed by atoms with Gasteiger partial charge >= 0.3 is 0 Å². The Morgan fingerprint density at radius 2 is 1.30 bits per heavy atom. The molecule has 0 radical (unpaired) electrons. The van der Waals surface area contributed by atoms with Crippen LogP contribution in [0.5, 0.6) is 0 Å².